The zero-order valence-corrected chi connectivity index (χ0v) is 91.4. The van der Waals surface area contributed by atoms with Crippen molar-refractivity contribution in [2.45, 2.75) is 355 Å². The van der Waals surface area contributed by atoms with Gasteiger partial charge in [-0.25, -0.2) is 19.9 Å². The number of ether oxygens (including phenoxy) is 4. The maximum atomic E-state index is 14.2. The fraction of sp³-hybridized carbons (Fsp3) is 0.649. The number of aryl methyl sites for hydroxylation is 4. The first-order valence-corrected chi connectivity index (χ1v) is 53.5. The Bertz CT molecular complexity index is 5580. The van der Waals surface area contributed by atoms with Gasteiger partial charge in [-0.3, -0.25) is 38.4 Å². The minimum atomic E-state index is -4.48. The number of esters is 4. The van der Waals surface area contributed by atoms with Gasteiger partial charge < -0.3 is 68.6 Å². The van der Waals surface area contributed by atoms with Gasteiger partial charge in [0.2, 0.25) is 0 Å². The molecule has 28 atom stereocenters. The normalized spacial score (nSPS) is 36.6. The Hall–Kier alpha value is -9.10. The van der Waals surface area contributed by atoms with Gasteiger partial charge in [-0.15, -0.1) is 22.7 Å². The molecule has 8 heterocycles. The first kappa shape index (κ1) is 119. The highest BCUT2D eigenvalue weighted by atomic mass is 32.1. The number of carbonyl (C=O) groups is 8. The van der Waals surface area contributed by atoms with Crippen LogP contribution in [0.2, 0.25) is 0 Å². The first-order chi connectivity index (χ1) is 68.6. The zero-order chi connectivity index (χ0) is 110. The van der Waals surface area contributed by atoms with Crippen molar-refractivity contribution in [1.82, 2.24) is 19.9 Å². The first-order valence-electron chi connectivity index (χ1n) is 51.8. The van der Waals surface area contributed by atoms with Gasteiger partial charge in [0.25, 0.3) is 0 Å². The number of cyclic esters (lactones) is 4. The Morgan fingerprint density at radius 1 is 0.405 bits per heavy atom. The van der Waals surface area contributed by atoms with E-state index in [-0.39, 0.29) is 85.6 Å². The van der Waals surface area contributed by atoms with Gasteiger partial charge >= 0.3 is 36.2 Å². The molecule has 8 unspecified atom stereocenters. The fourth-order valence-electron chi connectivity index (χ4n) is 21.8. The number of aromatic nitrogens is 4. The second-order valence-electron chi connectivity index (χ2n) is 46.7. The Labute approximate surface area is 872 Å². The van der Waals surface area contributed by atoms with Crippen molar-refractivity contribution in [1.29, 1.82) is 0 Å². The monoisotopic (exact) mass is 2110 g/mol. The molecular weight excluding hydrogens is 1960 g/mol. The van der Waals surface area contributed by atoms with Gasteiger partial charge in [0, 0.05) is 66.6 Å². The number of carbonyl (C=O) groups excluding carboxylic acids is 8. The highest BCUT2D eigenvalue weighted by molar-refractivity contribution is 7.18. The molecule has 0 spiro atoms. The summed E-state index contributed by atoms with van der Waals surface area (Å²) in [5.41, 5.74) is -2.75. The molecule has 0 saturated heterocycles. The zero-order valence-electron chi connectivity index (χ0n) is 89.7. The van der Waals surface area contributed by atoms with E-state index in [1.165, 1.54) is 83.4 Å². The third kappa shape index (κ3) is 27.9. The lowest BCUT2D eigenvalue weighted by Gasteiger charge is -2.34. The second-order valence-corrected chi connectivity index (χ2v) is 49.0. The Balaban J connectivity index is 0.000000187. The highest BCUT2D eigenvalue weighted by Crippen LogP contribution is 2.69. The van der Waals surface area contributed by atoms with E-state index in [2.05, 4.69) is 45.9 Å². The van der Waals surface area contributed by atoms with Crippen molar-refractivity contribution in [2.24, 2.45) is 114 Å². The van der Waals surface area contributed by atoms with Crippen LogP contribution in [0.4, 0.5) is 26.3 Å². The molecule has 4 aromatic heterocycles. The van der Waals surface area contributed by atoms with E-state index in [1.807, 2.05) is 81.6 Å². The van der Waals surface area contributed by atoms with E-state index >= 15 is 0 Å². The maximum Gasteiger partial charge on any atom is 0.395 e. The predicted octanol–water partition coefficient (Wildman–Crippen LogP) is 21.5. The lowest BCUT2D eigenvalue weighted by atomic mass is 9.73. The molecule has 148 heavy (non-hydrogen) atoms. The third-order valence-corrected chi connectivity index (χ3v) is 35.4. The van der Waals surface area contributed by atoms with Crippen molar-refractivity contribution in [3.8, 4) is 0 Å². The SMILES string of the molecule is C/C(=C\c1coc(C)n1)[C@@H]1CC2CC2(C(F)(F)F)C/C=C/[C@H](C)[C@H](O)[C@@H](C)C(=O)C(C)(C)[C@@H](O)CC(=O)O1.C/C(=C\c1csc(C)n1)[C@@H]1CC2CC2(C(F)(F)F)C/C=C/[C@H](C)[C@H](O)[C@@H](C)C(=O)C(C)(C)[C@@H](O)CC(=O)O1.Cc1nc2cc([C@@H]3CC4CC4(C)C/C=C/[C@H](C)[C@H](O)[C@@H](C)C(=O)C(C)(C)[C@@H](O)CC(=O)O3)ccc2o1.Cc1nc2cc([C@@H]3CC4CC4(C)C/C=C/[C@H](C)[C@H](O)[C@@H](C)C(=O)C(C)(C)[C@@H](O)CC(=O)O3)ccc2s1. The lowest BCUT2D eigenvalue weighted by molar-refractivity contribution is -0.192. The molecule has 6 aromatic rings. The summed E-state index contributed by atoms with van der Waals surface area (Å²) in [4.78, 5) is 122. The number of nitrogens with zero attached hydrogens (tertiary/aromatic N) is 4. The average Bonchev–Trinajstić information content (AvgIpc) is 1.56. The second kappa shape index (κ2) is 46.8. The summed E-state index contributed by atoms with van der Waals surface area (Å²) >= 11 is 3.06. The number of Topliss-reactive ketones (excluding diaryl/α,β-unsaturated/α-hetero) is 4. The van der Waals surface area contributed by atoms with Crippen LogP contribution >= 0.6 is 22.7 Å². The summed E-state index contributed by atoms with van der Waals surface area (Å²) in [7, 11) is 0. The van der Waals surface area contributed by atoms with Crippen LogP contribution in [0, 0.1) is 142 Å². The number of thiazole rings is 2. The molecule has 14 rings (SSSR count). The van der Waals surface area contributed by atoms with Crippen LogP contribution in [0.1, 0.15) is 298 Å². The van der Waals surface area contributed by atoms with Crippen molar-refractivity contribution in [2.75, 3.05) is 0 Å². The van der Waals surface area contributed by atoms with E-state index < -0.39 is 214 Å². The molecule has 0 bridgehead atoms. The number of benzene rings is 2. The summed E-state index contributed by atoms with van der Waals surface area (Å²) in [6, 6.07) is 11.7. The van der Waals surface area contributed by atoms with E-state index in [4.69, 9.17) is 27.8 Å². The van der Waals surface area contributed by atoms with Gasteiger partial charge in [-0.05, 0) is 198 Å². The minimum Gasteiger partial charge on any atom is -0.458 e. The van der Waals surface area contributed by atoms with Crippen molar-refractivity contribution in [3.05, 3.63) is 152 Å². The quantitative estimate of drug-likeness (QED) is 0.0332. The van der Waals surface area contributed by atoms with Crippen LogP contribution in [0.25, 0.3) is 33.5 Å². The fourth-order valence-corrected chi connectivity index (χ4v) is 23.2. The van der Waals surface area contributed by atoms with E-state index in [0.717, 1.165) is 57.0 Å². The number of aliphatic hydroxyl groups excluding tert-OH is 8. The summed E-state index contributed by atoms with van der Waals surface area (Å²) < 4.78 is 121. The molecule has 4 aliphatic carbocycles. The van der Waals surface area contributed by atoms with Crippen LogP contribution in [0.15, 0.2) is 117 Å². The number of alkyl halides is 6. The summed E-state index contributed by atoms with van der Waals surface area (Å²) in [5.74, 6) is -8.76. The molecule has 0 amide bonds. The van der Waals surface area contributed by atoms with Gasteiger partial charge in [0.1, 0.15) is 65.0 Å². The van der Waals surface area contributed by atoms with Gasteiger partial charge in [-0.2, -0.15) is 26.3 Å². The molecule has 26 nitrogen and oxygen atoms in total. The number of halogens is 6. The largest absolute Gasteiger partial charge is 0.458 e. The maximum absolute atomic E-state index is 14.2. The number of oxazole rings is 2. The van der Waals surface area contributed by atoms with Gasteiger partial charge in [0.05, 0.1) is 133 Å². The van der Waals surface area contributed by atoms with Gasteiger partial charge in [0.15, 0.2) is 17.4 Å². The van der Waals surface area contributed by atoms with Gasteiger partial charge in [-0.1, -0.05) is 185 Å². The van der Waals surface area contributed by atoms with Crippen molar-refractivity contribution >= 4 is 103 Å². The number of rotatable bonds is 6. The number of fused-ring (bicyclic) bond motifs is 6. The van der Waals surface area contributed by atoms with Crippen LogP contribution in [-0.4, -0.2) is 181 Å². The number of hydrogen-bond acceptors (Lipinski definition) is 28. The average molecular weight is 2110 g/mol. The summed E-state index contributed by atoms with van der Waals surface area (Å²) in [6.45, 7) is 41.1. The third-order valence-electron chi connectivity index (χ3n) is 33.6. The molecular formula is C114H154F6N4O22S2. The molecule has 4 aliphatic heterocycles. The highest BCUT2D eigenvalue weighted by Gasteiger charge is 2.71. The Morgan fingerprint density at radius 2 is 0.757 bits per heavy atom. The van der Waals surface area contributed by atoms with E-state index in [9.17, 15) is 106 Å². The number of aliphatic hydroxyl groups is 8. The van der Waals surface area contributed by atoms with Crippen molar-refractivity contribution < 1.29 is 133 Å². The molecule has 2 aromatic carbocycles. The summed E-state index contributed by atoms with van der Waals surface area (Å²) in [5, 5.41) is 90.3. The molecule has 0 radical (unpaired) electrons. The topological polar surface area (TPSA) is 413 Å². The molecule has 816 valence electrons. The Kier molecular flexibility index (Phi) is 37.7. The molecule has 8 aliphatic rings. The summed E-state index contributed by atoms with van der Waals surface area (Å²) in [6.07, 6.45) is 0.271. The number of ketones is 4. The molecule has 34 heteroatoms. The van der Waals surface area contributed by atoms with Crippen molar-refractivity contribution in [3.63, 3.8) is 0 Å². The van der Waals surface area contributed by atoms with Crippen LogP contribution in [-0.2, 0) is 57.3 Å². The van der Waals surface area contributed by atoms with Crippen LogP contribution in [0.5, 0.6) is 0 Å². The predicted molar refractivity (Wildman–Crippen MR) is 550 cm³/mol. The molecule has 4 saturated carbocycles. The smallest absolute Gasteiger partial charge is 0.395 e. The Morgan fingerprint density at radius 3 is 1.11 bits per heavy atom. The molecule has 4 fully saturated rings. The number of hydrogen-bond donors (Lipinski definition) is 8. The standard InChI is InChI=1S/C29H39NO6.C29H39NO5S.C28H38F3NO6.C28H38F3NO5S/c1-16-8-7-11-29(6)15-20(29)13-23(19-9-10-22-21(12-19)30-18(3)35-22)36-25(32)14-24(31)28(4,5)27(34)17(2)26(16)33;1-16-8-7-11-29(6)15-20(29)13-22(19-9-10-23-21(12-19)30-18(3)36-23)35-25(32)14-24(31)28(4,5)27(34)17(2)26(16)33;1-15-8-7-9-27(28(29,30)31)13-19(27)11-21(16(2)10-20-14-37-18(4)32-20)38-23(34)12-22(33)26(5,6)25(36)17(3)24(15)35;1-15-8-7-9-27(28(29,30)31)13-19(27)11-21(16(2)10-20-14-38-18(4)32-20)37-23(34)12-22(33)26(5,6)25(36)17(3)24(15)35/h7-10,12,16-17,20,23-24,26,31,33H,11,13-15H2,1-6H3;7-10,12,16-17,20,22,24,26,31,33H,11,13-15H2,1-6H3;2*7-8,10,14-15,17,19,21-22,24,33,35H,9,11-13H2,1-6H3/b2*8-7+;2*8-7+,16-10+/t16-,17+,20?,23-,24-,26-,29?;16-,17+,20?,22-,24-,26-,29?;2*15-,17+,19?,21-,22-,24-,27?/m0000/s1. The number of allylic oxidation sites excluding steroid dienone is 4. The minimum absolute atomic E-state index is 0.0296. The van der Waals surface area contributed by atoms with E-state index in [0.29, 0.717) is 70.1 Å². The van der Waals surface area contributed by atoms with E-state index in [1.54, 1.807) is 107 Å². The molecule has 8 N–H and O–H groups in total. The lowest BCUT2D eigenvalue weighted by Crippen LogP contribution is -2.45. The van der Waals surface area contributed by atoms with Crippen LogP contribution in [0.3, 0.4) is 0 Å². The van der Waals surface area contributed by atoms with Crippen LogP contribution < -0.4 is 0 Å².